The van der Waals surface area contributed by atoms with Crippen molar-refractivity contribution < 1.29 is 9.53 Å². The first-order valence-corrected chi connectivity index (χ1v) is 10.5. The molecule has 3 aromatic rings. The average molecular weight is 469 g/mol. The van der Waals surface area contributed by atoms with Crippen LogP contribution in [0.5, 0.6) is 0 Å². The van der Waals surface area contributed by atoms with Gasteiger partial charge in [0, 0.05) is 21.1 Å². The van der Waals surface area contributed by atoms with Gasteiger partial charge in [-0.3, -0.25) is 4.68 Å². The molecule has 0 bridgehead atoms. The fourth-order valence-electron chi connectivity index (χ4n) is 2.67. The van der Waals surface area contributed by atoms with Crippen molar-refractivity contribution in [1.29, 1.82) is 0 Å². The number of carbonyl (C=O) groups excluding carboxylic acids is 1. The number of rotatable bonds is 5. The molecule has 2 aromatic heterocycles. The first-order valence-electron chi connectivity index (χ1n) is 8.51. The van der Waals surface area contributed by atoms with Gasteiger partial charge in [0.05, 0.1) is 30.6 Å². The van der Waals surface area contributed by atoms with Crippen molar-refractivity contribution in [2.24, 2.45) is 0 Å². The van der Waals surface area contributed by atoms with Crippen molar-refractivity contribution in [2.75, 3.05) is 17.7 Å². The van der Waals surface area contributed by atoms with E-state index in [9.17, 15) is 4.79 Å². The van der Waals surface area contributed by atoms with Crippen LogP contribution in [0.25, 0.3) is 0 Å². The van der Waals surface area contributed by atoms with Crippen LogP contribution in [-0.2, 0) is 11.3 Å². The van der Waals surface area contributed by atoms with E-state index in [1.165, 1.54) is 18.4 Å². The summed E-state index contributed by atoms with van der Waals surface area (Å²) >= 11 is 19.0. The molecular formula is C19H18Cl2N4O2S2. The zero-order valence-corrected chi connectivity index (χ0v) is 19.0. The van der Waals surface area contributed by atoms with Crippen LogP contribution >= 0.6 is 46.8 Å². The summed E-state index contributed by atoms with van der Waals surface area (Å²) in [5.74, 6) is -0.413. The Hall–Kier alpha value is -2.13. The Morgan fingerprint density at radius 3 is 2.72 bits per heavy atom. The third-order valence-electron chi connectivity index (χ3n) is 4.03. The number of thiocarbonyl (C=S) groups is 1. The Bertz CT molecular complexity index is 1080. The molecule has 0 saturated heterocycles. The molecule has 0 aliphatic heterocycles. The Labute approximate surface area is 187 Å². The van der Waals surface area contributed by atoms with Crippen molar-refractivity contribution in [2.45, 2.75) is 20.4 Å². The van der Waals surface area contributed by atoms with Crippen LogP contribution in [0.15, 0.2) is 30.5 Å². The van der Waals surface area contributed by atoms with Crippen molar-refractivity contribution in [3.05, 3.63) is 62.2 Å². The van der Waals surface area contributed by atoms with E-state index in [1.54, 1.807) is 22.9 Å². The Morgan fingerprint density at radius 1 is 1.28 bits per heavy atom. The summed E-state index contributed by atoms with van der Waals surface area (Å²) < 4.78 is 6.59. The monoisotopic (exact) mass is 468 g/mol. The van der Waals surface area contributed by atoms with E-state index in [1.807, 2.05) is 26.1 Å². The van der Waals surface area contributed by atoms with Gasteiger partial charge in [0.1, 0.15) is 5.00 Å². The number of aromatic nitrogens is 2. The molecule has 1 aromatic carbocycles. The molecule has 152 valence electrons. The number of aryl methyl sites for hydroxylation is 2. The van der Waals surface area contributed by atoms with Crippen molar-refractivity contribution in [3.8, 4) is 0 Å². The number of methoxy groups -OCH3 is 1. The van der Waals surface area contributed by atoms with E-state index in [0.717, 1.165) is 21.8 Å². The number of ether oxygens (including phenoxy) is 1. The number of carbonyl (C=O) groups is 1. The number of nitrogens with one attached hydrogen (secondary N) is 2. The largest absolute Gasteiger partial charge is 0.465 e. The first-order chi connectivity index (χ1) is 13.8. The van der Waals surface area contributed by atoms with Crippen LogP contribution in [0.4, 0.5) is 10.7 Å². The summed E-state index contributed by atoms with van der Waals surface area (Å²) in [7, 11) is 1.35. The quantitative estimate of drug-likeness (QED) is 0.379. The minimum absolute atomic E-state index is 0.351. The fraction of sp³-hybridized carbons (Fsp3) is 0.211. The second-order valence-electron chi connectivity index (χ2n) is 6.23. The predicted octanol–water partition coefficient (Wildman–Crippen LogP) is 5.51. The van der Waals surface area contributed by atoms with Gasteiger partial charge in [-0.05, 0) is 49.8 Å². The van der Waals surface area contributed by atoms with Gasteiger partial charge in [-0.1, -0.05) is 29.3 Å². The molecule has 0 atom stereocenters. The number of benzene rings is 1. The lowest BCUT2D eigenvalue weighted by Gasteiger charge is -2.09. The highest BCUT2D eigenvalue weighted by Gasteiger charge is 2.17. The molecule has 0 unspecified atom stereocenters. The predicted molar refractivity (Wildman–Crippen MR) is 123 cm³/mol. The maximum absolute atomic E-state index is 11.9. The first kappa shape index (κ1) is 21.6. The molecule has 2 heterocycles. The maximum Gasteiger partial charge on any atom is 0.340 e. The number of hydrogen-bond donors (Lipinski definition) is 2. The number of anilines is 2. The smallest absolute Gasteiger partial charge is 0.340 e. The molecule has 29 heavy (non-hydrogen) atoms. The molecular weight excluding hydrogens is 451 g/mol. The van der Waals surface area contributed by atoms with Gasteiger partial charge in [-0.25, -0.2) is 4.79 Å². The highest BCUT2D eigenvalue weighted by molar-refractivity contribution is 7.80. The third-order valence-corrected chi connectivity index (χ3v) is 5.79. The summed E-state index contributed by atoms with van der Waals surface area (Å²) in [5, 5.41) is 12.8. The van der Waals surface area contributed by atoms with Crippen molar-refractivity contribution in [1.82, 2.24) is 9.78 Å². The average Bonchev–Trinajstić information content (AvgIpc) is 3.18. The van der Waals surface area contributed by atoms with Gasteiger partial charge in [0.15, 0.2) is 5.11 Å². The summed E-state index contributed by atoms with van der Waals surface area (Å²) in [4.78, 5) is 12.9. The standard InChI is InChI=1S/C19H18Cl2N4O2S2/c1-10-6-14(18(26)27-3)17(29-10)23-19(28)22-16-9-25(24-11(16)2)8-12-4-5-13(20)7-15(12)21/h4-7,9H,8H2,1-3H3,(H2,22,23,28). The maximum atomic E-state index is 11.9. The van der Waals surface area contributed by atoms with Crippen molar-refractivity contribution in [3.63, 3.8) is 0 Å². The second kappa shape index (κ2) is 9.13. The lowest BCUT2D eigenvalue weighted by molar-refractivity contribution is 0.0602. The highest BCUT2D eigenvalue weighted by Crippen LogP contribution is 2.28. The molecule has 0 aliphatic carbocycles. The number of esters is 1. The van der Waals surface area contributed by atoms with Crippen molar-refractivity contribution >= 4 is 68.5 Å². The SMILES string of the molecule is COC(=O)c1cc(C)sc1NC(=S)Nc1cn(Cc2ccc(Cl)cc2Cl)nc1C. The van der Waals surface area contributed by atoms with Crippen LogP contribution in [0.3, 0.4) is 0 Å². The van der Waals surface area contributed by atoms with E-state index >= 15 is 0 Å². The summed E-state index contributed by atoms with van der Waals surface area (Å²) in [6.07, 6.45) is 1.84. The number of hydrogen-bond acceptors (Lipinski definition) is 5. The molecule has 10 heteroatoms. The van der Waals surface area contributed by atoms with Gasteiger partial charge in [0.2, 0.25) is 0 Å². The van der Waals surface area contributed by atoms with E-state index < -0.39 is 5.97 Å². The fourth-order valence-corrected chi connectivity index (χ4v) is 4.32. The Morgan fingerprint density at radius 2 is 2.03 bits per heavy atom. The lowest BCUT2D eigenvalue weighted by Crippen LogP contribution is -2.20. The molecule has 0 radical (unpaired) electrons. The molecule has 6 nitrogen and oxygen atoms in total. The van der Waals surface area contributed by atoms with E-state index in [0.29, 0.717) is 32.3 Å². The zero-order chi connectivity index (χ0) is 21.1. The van der Waals surface area contributed by atoms with Crippen LogP contribution in [0, 0.1) is 13.8 Å². The van der Waals surface area contributed by atoms with E-state index in [-0.39, 0.29) is 0 Å². The Kier molecular flexibility index (Phi) is 6.79. The van der Waals surface area contributed by atoms with E-state index in [2.05, 4.69) is 15.7 Å². The van der Waals surface area contributed by atoms with Gasteiger partial charge < -0.3 is 15.4 Å². The highest BCUT2D eigenvalue weighted by atomic mass is 35.5. The van der Waals surface area contributed by atoms with Gasteiger partial charge >= 0.3 is 5.97 Å². The number of nitrogens with zero attached hydrogens (tertiary/aromatic N) is 2. The van der Waals surface area contributed by atoms with Crippen LogP contribution in [-0.4, -0.2) is 28.0 Å². The normalized spacial score (nSPS) is 10.7. The second-order valence-corrected chi connectivity index (χ2v) is 8.74. The molecule has 3 rings (SSSR count). The molecule has 2 N–H and O–H groups in total. The lowest BCUT2D eigenvalue weighted by atomic mass is 10.2. The van der Waals surface area contributed by atoms with Gasteiger partial charge in [-0.15, -0.1) is 11.3 Å². The zero-order valence-electron chi connectivity index (χ0n) is 15.9. The summed E-state index contributed by atoms with van der Waals surface area (Å²) in [5.41, 5.74) is 2.88. The topological polar surface area (TPSA) is 68.2 Å². The molecule has 0 aliphatic rings. The summed E-state index contributed by atoms with van der Waals surface area (Å²) in [6, 6.07) is 7.13. The Balaban J connectivity index is 1.71. The third kappa shape index (κ3) is 5.27. The minimum atomic E-state index is -0.413. The number of halogens is 2. The van der Waals surface area contributed by atoms with Crippen LogP contribution in [0.2, 0.25) is 10.0 Å². The molecule has 0 saturated carbocycles. The summed E-state index contributed by atoms with van der Waals surface area (Å²) in [6.45, 7) is 4.28. The van der Waals surface area contributed by atoms with Gasteiger partial charge in [-0.2, -0.15) is 5.10 Å². The van der Waals surface area contributed by atoms with Gasteiger partial charge in [0.25, 0.3) is 0 Å². The molecule has 0 spiro atoms. The van der Waals surface area contributed by atoms with Crippen LogP contribution < -0.4 is 10.6 Å². The van der Waals surface area contributed by atoms with Crippen LogP contribution in [0.1, 0.15) is 26.5 Å². The minimum Gasteiger partial charge on any atom is -0.465 e. The molecule has 0 amide bonds. The van der Waals surface area contributed by atoms with E-state index in [4.69, 9.17) is 40.2 Å². The number of thiophene rings is 1. The molecule has 0 fully saturated rings.